The first-order chi connectivity index (χ1) is 5.81. The van der Waals surface area contributed by atoms with Crippen LogP contribution in [0.25, 0.3) is 0 Å². The van der Waals surface area contributed by atoms with Gasteiger partial charge in [-0.2, -0.15) is 0 Å². The monoisotopic (exact) mass is 160 g/mol. The number of rotatable bonds is 0. The third-order valence-corrected chi connectivity index (χ3v) is 1.77. The molecule has 1 aromatic rings. The van der Waals surface area contributed by atoms with Crippen LogP contribution in [0.5, 0.6) is 11.5 Å². The van der Waals surface area contributed by atoms with Gasteiger partial charge in [0, 0.05) is 0 Å². The van der Waals surface area contributed by atoms with Gasteiger partial charge >= 0.3 is 0 Å². The van der Waals surface area contributed by atoms with E-state index in [1.54, 1.807) is 0 Å². The van der Waals surface area contributed by atoms with Gasteiger partial charge in [-0.25, -0.2) is 0 Å². The molecule has 0 saturated heterocycles. The highest BCUT2D eigenvalue weighted by atomic mass is 16.7. The summed E-state index contributed by atoms with van der Waals surface area (Å²) in [5, 5.41) is 0. The predicted octanol–water partition coefficient (Wildman–Crippen LogP) is 1.71. The van der Waals surface area contributed by atoms with Gasteiger partial charge < -0.3 is 9.47 Å². The number of hydrogen-bond acceptors (Lipinski definition) is 2. The SMILES string of the molecule is C#Cc1cc(C)cc2c1OCO2. The third-order valence-electron chi connectivity index (χ3n) is 1.77. The van der Waals surface area contributed by atoms with Crippen molar-refractivity contribution in [2.45, 2.75) is 6.92 Å². The zero-order valence-electron chi connectivity index (χ0n) is 6.76. The van der Waals surface area contributed by atoms with Gasteiger partial charge in [-0.3, -0.25) is 0 Å². The Balaban J connectivity index is 2.64. The van der Waals surface area contributed by atoms with Crippen molar-refractivity contribution in [1.82, 2.24) is 0 Å². The molecule has 0 radical (unpaired) electrons. The molecule has 1 aliphatic heterocycles. The second-order valence-electron chi connectivity index (χ2n) is 2.69. The molecule has 0 N–H and O–H groups in total. The molecular weight excluding hydrogens is 152 g/mol. The van der Waals surface area contributed by atoms with Gasteiger partial charge in [0.25, 0.3) is 0 Å². The zero-order chi connectivity index (χ0) is 8.55. The Morgan fingerprint density at radius 3 is 3.00 bits per heavy atom. The molecule has 2 nitrogen and oxygen atoms in total. The predicted molar refractivity (Wildman–Crippen MR) is 45.2 cm³/mol. The molecule has 2 rings (SSSR count). The van der Waals surface area contributed by atoms with Crippen molar-refractivity contribution in [3.63, 3.8) is 0 Å². The van der Waals surface area contributed by atoms with Crippen molar-refractivity contribution in [2.75, 3.05) is 6.79 Å². The molecule has 60 valence electrons. The van der Waals surface area contributed by atoms with E-state index in [4.69, 9.17) is 15.9 Å². The molecule has 0 amide bonds. The summed E-state index contributed by atoms with van der Waals surface area (Å²) >= 11 is 0. The first kappa shape index (κ1) is 7.05. The van der Waals surface area contributed by atoms with E-state index in [9.17, 15) is 0 Å². The van der Waals surface area contributed by atoms with Crippen LogP contribution >= 0.6 is 0 Å². The summed E-state index contributed by atoms with van der Waals surface area (Å²) < 4.78 is 10.4. The molecule has 1 aromatic carbocycles. The number of hydrogen-bond donors (Lipinski definition) is 0. The number of fused-ring (bicyclic) bond motifs is 1. The number of benzene rings is 1. The maximum absolute atomic E-state index is 5.31. The molecule has 12 heavy (non-hydrogen) atoms. The van der Waals surface area contributed by atoms with E-state index in [0.717, 1.165) is 16.9 Å². The molecule has 2 heteroatoms. The fourth-order valence-electron chi connectivity index (χ4n) is 1.26. The van der Waals surface area contributed by atoms with Crippen molar-refractivity contribution in [3.8, 4) is 23.8 Å². The average molecular weight is 160 g/mol. The fourth-order valence-corrected chi connectivity index (χ4v) is 1.26. The topological polar surface area (TPSA) is 18.5 Å². The van der Waals surface area contributed by atoms with Crippen LogP contribution in [-0.4, -0.2) is 6.79 Å². The Morgan fingerprint density at radius 2 is 2.25 bits per heavy atom. The molecule has 0 bridgehead atoms. The number of aryl methyl sites for hydroxylation is 1. The lowest BCUT2D eigenvalue weighted by molar-refractivity contribution is 0.173. The summed E-state index contributed by atoms with van der Waals surface area (Å²) in [6.45, 7) is 2.25. The molecule has 1 aliphatic rings. The summed E-state index contributed by atoms with van der Waals surface area (Å²) in [6, 6.07) is 3.83. The van der Waals surface area contributed by atoms with Crippen molar-refractivity contribution >= 4 is 0 Å². The highest BCUT2D eigenvalue weighted by molar-refractivity contribution is 5.56. The van der Waals surface area contributed by atoms with Crippen LogP contribution in [0.2, 0.25) is 0 Å². The molecule has 0 spiro atoms. The maximum atomic E-state index is 5.31. The standard InChI is InChI=1S/C10H8O2/c1-3-8-4-7(2)5-9-10(8)12-6-11-9/h1,4-5H,6H2,2H3. The van der Waals surface area contributed by atoms with Crippen LogP contribution < -0.4 is 9.47 Å². The molecule has 0 aliphatic carbocycles. The Morgan fingerprint density at radius 1 is 1.42 bits per heavy atom. The van der Waals surface area contributed by atoms with Gasteiger partial charge in [-0.1, -0.05) is 5.92 Å². The zero-order valence-corrected chi connectivity index (χ0v) is 6.76. The second kappa shape index (κ2) is 2.46. The number of terminal acetylenes is 1. The van der Waals surface area contributed by atoms with E-state index in [1.807, 2.05) is 19.1 Å². The Kier molecular flexibility index (Phi) is 1.44. The molecule has 0 aromatic heterocycles. The minimum absolute atomic E-state index is 0.271. The molecule has 0 saturated carbocycles. The lowest BCUT2D eigenvalue weighted by atomic mass is 10.1. The van der Waals surface area contributed by atoms with Crippen LogP contribution in [0.1, 0.15) is 11.1 Å². The minimum Gasteiger partial charge on any atom is -0.454 e. The van der Waals surface area contributed by atoms with E-state index >= 15 is 0 Å². The van der Waals surface area contributed by atoms with Gasteiger partial charge in [0.15, 0.2) is 11.5 Å². The summed E-state index contributed by atoms with van der Waals surface area (Å²) in [7, 11) is 0. The van der Waals surface area contributed by atoms with Gasteiger partial charge in [0.05, 0.1) is 5.56 Å². The fraction of sp³-hybridized carbons (Fsp3) is 0.200. The summed E-state index contributed by atoms with van der Waals surface area (Å²) in [6.07, 6.45) is 5.31. The van der Waals surface area contributed by atoms with E-state index in [0.29, 0.717) is 5.75 Å². The van der Waals surface area contributed by atoms with Gasteiger partial charge in [-0.15, -0.1) is 6.42 Å². The smallest absolute Gasteiger partial charge is 0.231 e. The van der Waals surface area contributed by atoms with Crippen molar-refractivity contribution in [1.29, 1.82) is 0 Å². The average Bonchev–Trinajstić information content (AvgIpc) is 2.50. The highest BCUT2D eigenvalue weighted by Gasteiger charge is 2.16. The summed E-state index contributed by atoms with van der Waals surface area (Å²) in [5.74, 6) is 4.01. The minimum atomic E-state index is 0.271. The van der Waals surface area contributed by atoms with E-state index < -0.39 is 0 Å². The number of ether oxygens (including phenoxy) is 2. The molecule has 0 unspecified atom stereocenters. The van der Waals surface area contributed by atoms with E-state index in [-0.39, 0.29) is 6.79 Å². The van der Waals surface area contributed by atoms with Crippen molar-refractivity contribution in [2.24, 2.45) is 0 Å². The Labute approximate surface area is 71.1 Å². The van der Waals surface area contributed by atoms with Crippen molar-refractivity contribution in [3.05, 3.63) is 23.3 Å². The first-order valence-corrected chi connectivity index (χ1v) is 3.68. The second-order valence-corrected chi connectivity index (χ2v) is 2.69. The van der Waals surface area contributed by atoms with Crippen LogP contribution in [0.3, 0.4) is 0 Å². The normalized spacial score (nSPS) is 12.7. The highest BCUT2D eigenvalue weighted by Crippen LogP contribution is 2.35. The van der Waals surface area contributed by atoms with Gasteiger partial charge in [-0.05, 0) is 24.6 Å². The summed E-state index contributed by atoms with van der Waals surface area (Å²) in [4.78, 5) is 0. The third kappa shape index (κ3) is 0.911. The quantitative estimate of drug-likeness (QED) is 0.538. The summed E-state index contributed by atoms with van der Waals surface area (Å²) in [5.41, 5.74) is 1.86. The van der Waals surface area contributed by atoms with Crippen LogP contribution in [0.15, 0.2) is 12.1 Å². The van der Waals surface area contributed by atoms with Crippen LogP contribution in [0.4, 0.5) is 0 Å². The first-order valence-electron chi connectivity index (χ1n) is 3.68. The maximum Gasteiger partial charge on any atom is 0.231 e. The lowest BCUT2D eigenvalue weighted by Crippen LogP contribution is -1.93. The van der Waals surface area contributed by atoms with Gasteiger partial charge in [0.2, 0.25) is 6.79 Å². The molecular formula is C10H8O2. The van der Waals surface area contributed by atoms with Gasteiger partial charge in [0.1, 0.15) is 0 Å². The molecule has 0 atom stereocenters. The van der Waals surface area contributed by atoms with Crippen LogP contribution in [-0.2, 0) is 0 Å². The Bertz CT molecular complexity index is 361. The largest absolute Gasteiger partial charge is 0.454 e. The lowest BCUT2D eigenvalue weighted by Gasteiger charge is -2.00. The molecule has 0 fully saturated rings. The van der Waals surface area contributed by atoms with E-state index in [2.05, 4.69) is 5.92 Å². The Hall–Kier alpha value is -1.62. The van der Waals surface area contributed by atoms with E-state index in [1.165, 1.54) is 0 Å². The van der Waals surface area contributed by atoms with Crippen LogP contribution in [0, 0.1) is 19.3 Å². The van der Waals surface area contributed by atoms with Crippen molar-refractivity contribution < 1.29 is 9.47 Å². The molecule has 1 heterocycles.